The third-order valence-corrected chi connectivity index (χ3v) is 4.00. The van der Waals surface area contributed by atoms with Gasteiger partial charge >= 0.3 is 0 Å². The Labute approximate surface area is 120 Å². The summed E-state index contributed by atoms with van der Waals surface area (Å²) in [6.07, 6.45) is 6.72. The van der Waals surface area contributed by atoms with Crippen molar-refractivity contribution in [3.05, 3.63) is 42.2 Å². The lowest BCUT2D eigenvalue weighted by atomic mass is 9.78. The van der Waals surface area contributed by atoms with Crippen LogP contribution in [0.15, 0.2) is 36.7 Å². The van der Waals surface area contributed by atoms with Gasteiger partial charge in [0.05, 0.1) is 5.69 Å². The third-order valence-electron chi connectivity index (χ3n) is 4.00. The van der Waals surface area contributed by atoms with Crippen molar-refractivity contribution in [3.8, 4) is 11.3 Å². The molecule has 1 aliphatic rings. The first kappa shape index (κ1) is 13.1. The lowest BCUT2D eigenvalue weighted by molar-refractivity contribution is 0.420. The van der Waals surface area contributed by atoms with E-state index < -0.39 is 0 Å². The Hall–Kier alpha value is -1.90. The summed E-state index contributed by atoms with van der Waals surface area (Å²) < 4.78 is 0. The molecule has 1 aromatic heterocycles. The zero-order valence-corrected chi connectivity index (χ0v) is 12.0. The maximum atomic E-state index is 4.47. The van der Waals surface area contributed by atoms with Crippen molar-refractivity contribution in [1.29, 1.82) is 0 Å². The highest BCUT2D eigenvalue weighted by Gasteiger charge is 2.22. The summed E-state index contributed by atoms with van der Waals surface area (Å²) in [4.78, 5) is 8.76. The standard InChI is InChI=1S/C17H21N3/c1-2-10-18-17-11-16(19-12-20-17)15-9-4-3-8-14(15)13-6-5-7-13/h3-4,8-9,11-13H,2,5-7,10H2,1H3,(H,18,19,20). The fraction of sp³-hybridized carbons (Fsp3) is 0.412. The van der Waals surface area contributed by atoms with E-state index in [9.17, 15) is 0 Å². The molecule has 1 heterocycles. The summed E-state index contributed by atoms with van der Waals surface area (Å²) >= 11 is 0. The Bertz CT molecular complexity index is 576. The maximum absolute atomic E-state index is 4.47. The summed E-state index contributed by atoms with van der Waals surface area (Å²) in [5.41, 5.74) is 3.74. The van der Waals surface area contributed by atoms with Gasteiger partial charge in [-0.3, -0.25) is 0 Å². The van der Waals surface area contributed by atoms with Crippen LogP contribution in [-0.2, 0) is 0 Å². The number of hydrogen-bond acceptors (Lipinski definition) is 3. The molecule has 1 aromatic carbocycles. The van der Waals surface area contributed by atoms with E-state index in [0.717, 1.165) is 24.5 Å². The van der Waals surface area contributed by atoms with E-state index in [0.29, 0.717) is 5.92 Å². The molecule has 0 amide bonds. The molecule has 3 nitrogen and oxygen atoms in total. The van der Waals surface area contributed by atoms with Crippen molar-refractivity contribution < 1.29 is 0 Å². The number of benzene rings is 1. The van der Waals surface area contributed by atoms with Crippen LogP contribution in [0.3, 0.4) is 0 Å². The van der Waals surface area contributed by atoms with Gasteiger partial charge in [0.2, 0.25) is 0 Å². The molecule has 20 heavy (non-hydrogen) atoms. The number of hydrogen-bond donors (Lipinski definition) is 1. The summed E-state index contributed by atoms with van der Waals surface area (Å²) in [6.45, 7) is 3.10. The third kappa shape index (κ3) is 2.67. The quantitative estimate of drug-likeness (QED) is 0.880. The van der Waals surface area contributed by atoms with E-state index in [1.807, 2.05) is 0 Å². The SMILES string of the molecule is CCCNc1cc(-c2ccccc2C2CCC2)ncn1. The molecule has 104 valence electrons. The molecular weight excluding hydrogens is 246 g/mol. The van der Waals surface area contributed by atoms with Crippen LogP contribution in [-0.4, -0.2) is 16.5 Å². The molecule has 0 radical (unpaired) electrons. The Morgan fingerprint density at radius 2 is 2.05 bits per heavy atom. The van der Waals surface area contributed by atoms with Gasteiger partial charge in [-0.2, -0.15) is 0 Å². The largest absolute Gasteiger partial charge is 0.370 e. The Morgan fingerprint density at radius 3 is 2.80 bits per heavy atom. The van der Waals surface area contributed by atoms with Crippen LogP contribution < -0.4 is 5.32 Å². The molecule has 1 saturated carbocycles. The van der Waals surface area contributed by atoms with Crippen LogP contribution in [0.5, 0.6) is 0 Å². The minimum atomic E-state index is 0.716. The van der Waals surface area contributed by atoms with Gasteiger partial charge in [-0.15, -0.1) is 0 Å². The number of aromatic nitrogens is 2. The van der Waals surface area contributed by atoms with Gasteiger partial charge in [-0.25, -0.2) is 9.97 Å². The lowest BCUT2D eigenvalue weighted by Gasteiger charge is -2.27. The fourth-order valence-electron chi connectivity index (χ4n) is 2.66. The van der Waals surface area contributed by atoms with Crippen LogP contribution in [0.1, 0.15) is 44.1 Å². The smallest absolute Gasteiger partial charge is 0.129 e. The topological polar surface area (TPSA) is 37.8 Å². The van der Waals surface area contributed by atoms with Crippen molar-refractivity contribution in [3.63, 3.8) is 0 Å². The molecule has 0 aliphatic heterocycles. The van der Waals surface area contributed by atoms with E-state index in [4.69, 9.17) is 0 Å². The number of nitrogens with one attached hydrogen (secondary N) is 1. The fourth-order valence-corrected chi connectivity index (χ4v) is 2.66. The molecular formula is C17H21N3. The van der Waals surface area contributed by atoms with Crippen LogP contribution in [0, 0.1) is 0 Å². The van der Waals surface area contributed by atoms with Crippen LogP contribution >= 0.6 is 0 Å². The number of nitrogens with zero attached hydrogens (tertiary/aromatic N) is 2. The summed E-state index contributed by atoms with van der Waals surface area (Å²) in [5, 5.41) is 3.33. The van der Waals surface area contributed by atoms with Gasteiger partial charge in [-0.1, -0.05) is 37.6 Å². The Balaban J connectivity index is 1.92. The molecule has 0 unspecified atom stereocenters. The first-order valence-electron chi connectivity index (χ1n) is 7.53. The number of rotatable bonds is 5. The van der Waals surface area contributed by atoms with E-state index in [1.165, 1.54) is 30.4 Å². The van der Waals surface area contributed by atoms with Crippen molar-refractivity contribution in [2.24, 2.45) is 0 Å². The Morgan fingerprint density at radius 1 is 1.20 bits per heavy atom. The monoisotopic (exact) mass is 267 g/mol. The highest BCUT2D eigenvalue weighted by Crippen LogP contribution is 2.40. The van der Waals surface area contributed by atoms with Crippen molar-refractivity contribution in [1.82, 2.24) is 9.97 Å². The predicted octanol–water partition coefficient (Wildman–Crippen LogP) is 4.23. The highest BCUT2D eigenvalue weighted by molar-refractivity contribution is 5.66. The predicted molar refractivity (Wildman–Crippen MR) is 82.8 cm³/mol. The van der Waals surface area contributed by atoms with Gasteiger partial charge in [0, 0.05) is 18.2 Å². The molecule has 0 saturated heterocycles. The first-order valence-corrected chi connectivity index (χ1v) is 7.53. The summed E-state index contributed by atoms with van der Waals surface area (Å²) in [7, 11) is 0. The maximum Gasteiger partial charge on any atom is 0.129 e. The molecule has 2 aromatic rings. The zero-order chi connectivity index (χ0) is 13.8. The molecule has 3 rings (SSSR count). The van der Waals surface area contributed by atoms with Gasteiger partial charge in [0.15, 0.2) is 0 Å². The van der Waals surface area contributed by atoms with Gasteiger partial charge in [-0.05, 0) is 30.7 Å². The van der Waals surface area contributed by atoms with Crippen molar-refractivity contribution >= 4 is 5.82 Å². The van der Waals surface area contributed by atoms with Crippen molar-refractivity contribution in [2.45, 2.75) is 38.5 Å². The molecule has 0 spiro atoms. The summed E-state index contributed by atoms with van der Waals surface area (Å²) in [5.74, 6) is 1.63. The highest BCUT2D eigenvalue weighted by atomic mass is 15.0. The minimum absolute atomic E-state index is 0.716. The second kappa shape index (κ2) is 6.04. The van der Waals surface area contributed by atoms with Gasteiger partial charge in [0.25, 0.3) is 0 Å². The van der Waals surface area contributed by atoms with E-state index in [2.05, 4.69) is 52.5 Å². The first-order chi connectivity index (χ1) is 9.88. The normalized spacial score (nSPS) is 14.8. The average Bonchev–Trinajstić information content (AvgIpc) is 2.44. The molecule has 1 N–H and O–H groups in total. The number of anilines is 1. The molecule has 0 bridgehead atoms. The lowest BCUT2D eigenvalue weighted by Crippen LogP contribution is -2.10. The second-order valence-corrected chi connectivity index (χ2v) is 5.43. The van der Waals surface area contributed by atoms with E-state index in [-0.39, 0.29) is 0 Å². The average molecular weight is 267 g/mol. The van der Waals surface area contributed by atoms with Crippen LogP contribution in [0.4, 0.5) is 5.82 Å². The van der Waals surface area contributed by atoms with Crippen LogP contribution in [0.2, 0.25) is 0 Å². The molecule has 3 heteroatoms. The minimum Gasteiger partial charge on any atom is -0.370 e. The van der Waals surface area contributed by atoms with E-state index >= 15 is 0 Å². The zero-order valence-electron chi connectivity index (χ0n) is 12.0. The van der Waals surface area contributed by atoms with E-state index in [1.54, 1.807) is 6.33 Å². The molecule has 0 atom stereocenters. The van der Waals surface area contributed by atoms with Gasteiger partial charge < -0.3 is 5.32 Å². The Kier molecular flexibility index (Phi) is 3.95. The van der Waals surface area contributed by atoms with Crippen LogP contribution in [0.25, 0.3) is 11.3 Å². The summed E-state index contributed by atoms with van der Waals surface area (Å²) in [6, 6.07) is 10.7. The van der Waals surface area contributed by atoms with Gasteiger partial charge in [0.1, 0.15) is 12.1 Å². The molecule has 1 aliphatic carbocycles. The molecule has 1 fully saturated rings. The second-order valence-electron chi connectivity index (χ2n) is 5.43. The van der Waals surface area contributed by atoms with Crippen molar-refractivity contribution in [2.75, 3.05) is 11.9 Å².